The minimum atomic E-state index is -1.03. The SMILES string of the molecule is C=C1CC[C@H](COc2cc(O[C@@H](C)C3=[N+](C)CCC3)nc(-c3noc(C(C)(C)c4ccc(F)cc4F)n3)n2)C[C@@H](CC)C1. The molecule has 3 aromatic rings. The minimum Gasteiger partial charge on any atom is -0.477 e. The van der Waals surface area contributed by atoms with Gasteiger partial charge >= 0.3 is 0 Å². The Labute approximate surface area is 252 Å². The summed E-state index contributed by atoms with van der Waals surface area (Å²) in [5.74, 6) is 0.796. The van der Waals surface area contributed by atoms with Crippen molar-refractivity contribution in [1.82, 2.24) is 20.1 Å². The van der Waals surface area contributed by atoms with E-state index < -0.39 is 17.0 Å². The van der Waals surface area contributed by atoms with Crippen molar-refractivity contribution in [3.63, 3.8) is 0 Å². The van der Waals surface area contributed by atoms with Crippen LogP contribution >= 0.6 is 0 Å². The molecule has 0 bridgehead atoms. The molecule has 1 aliphatic carbocycles. The fraction of sp³-hybridized carbons (Fsp3) is 0.545. The van der Waals surface area contributed by atoms with Crippen LogP contribution in [-0.2, 0) is 5.41 Å². The molecule has 0 unspecified atom stereocenters. The van der Waals surface area contributed by atoms with Crippen molar-refractivity contribution in [2.45, 2.75) is 84.2 Å². The third-order valence-electron chi connectivity index (χ3n) is 8.82. The van der Waals surface area contributed by atoms with Crippen LogP contribution in [0.15, 0.2) is 40.9 Å². The summed E-state index contributed by atoms with van der Waals surface area (Å²) in [5, 5.41) is 4.13. The number of ether oxygens (including phenoxy) is 2. The first-order chi connectivity index (χ1) is 20.5. The van der Waals surface area contributed by atoms with Gasteiger partial charge < -0.3 is 14.0 Å². The lowest BCUT2D eigenvalue weighted by Gasteiger charge is -2.21. The van der Waals surface area contributed by atoms with E-state index in [2.05, 4.69) is 45.2 Å². The van der Waals surface area contributed by atoms with E-state index in [0.29, 0.717) is 30.2 Å². The maximum atomic E-state index is 14.7. The zero-order valence-corrected chi connectivity index (χ0v) is 25.8. The average Bonchev–Trinajstić information content (AvgIpc) is 3.59. The summed E-state index contributed by atoms with van der Waals surface area (Å²) in [6, 6.07) is 5.15. The summed E-state index contributed by atoms with van der Waals surface area (Å²) >= 11 is 0. The molecule has 230 valence electrons. The number of halogens is 2. The van der Waals surface area contributed by atoms with E-state index in [0.717, 1.165) is 57.6 Å². The Morgan fingerprint density at radius 3 is 2.60 bits per heavy atom. The molecule has 0 N–H and O–H groups in total. The molecule has 1 aliphatic heterocycles. The number of hydrogen-bond acceptors (Lipinski definition) is 7. The molecule has 2 aromatic heterocycles. The zero-order valence-electron chi connectivity index (χ0n) is 25.8. The van der Waals surface area contributed by atoms with Gasteiger partial charge in [0, 0.05) is 24.5 Å². The topological polar surface area (TPSA) is 86.2 Å². The monoisotopic (exact) mass is 594 g/mol. The quantitative estimate of drug-likeness (QED) is 0.143. The van der Waals surface area contributed by atoms with Gasteiger partial charge in [-0.15, -0.1) is 0 Å². The number of aromatic nitrogens is 4. The van der Waals surface area contributed by atoms with Crippen LogP contribution in [0.5, 0.6) is 11.8 Å². The Morgan fingerprint density at radius 2 is 1.88 bits per heavy atom. The average molecular weight is 595 g/mol. The van der Waals surface area contributed by atoms with Crippen LogP contribution in [0.4, 0.5) is 8.78 Å². The van der Waals surface area contributed by atoms with Crippen LogP contribution in [0.1, 0.15) is 84.1 Å². The summed E-state index contributed by atoms with van der Waals surface area (Å²) in [5.41, 5.74) is 1.72. The predicted octanol–water partition coefficient (Wildman–Crippen LogP) is 6.93. The van der Waals surface area contributed by atoms with Crippen molar-refractivity contribution in [3.05, 3.63) is 59.5 Å². The first-order valence-electron chi connectivity index (χ1n) is 15.3. The van der Waals surface area contributed by atoms with Gasteiger partial charge in [-0.25, -0.2) is 13.4 Å². The van der Waals surface area contributed by atoms with Crippen molar-refractivity contribution >= 4 is 5.71 Å². The summed E-state index contributed by atoms with van der Waals surface area (Å²) < 4.78 is 48.6. The van der Waals surface area contributed by atoms with E-state index in [1.165, 1.54) is 23.4 Å². The summed E-state index contributed by atoms with van der Waals surface area (Å²) in [7, 11) is 2.07. The molecule has 0 saturated heterocycles. The smallest absolute Gasteiger partial charge is 0.240 e. The molecule has 3 heterocycles. The second kappa shape index (κ2) is 12.9. The fourth-order valence-electron chi connectivity index (χ4n) is 6.17. The van der Waals surface area contributed by atoms with Gasteiger partial charge in [-0.3, -0.25) is 0 Å². The van der Waals surface area contributed by atoms with Crippen LogP contribution in [0.2, 0.25) is 0 Å². The van der Waals surface area contributed by atoms with Gasteiger partial charge in [-0.1, -0.05) is 36.7 Å². The van der Waals surface area contributed by atoms with Gasteiger partial charge in [0.15, 0.2) is 11.8 Å². The molecule has 10 heteroatoms. The lowest BCUT2D eigenvalue weighted by atomic mass is 9.84. The van der Waals surface area contributed by atoms with Gasteiger partial charge in [0.05, 0.1) is 18.1 Å². The predicted molar refractivity (Wildman–Crippen MR) is 160 cm³/mol. The lowest BCUT2D eigenvalue weighted by molar-refractivity contribution is -0.491. The fourth-order valence-corrected chi connectivity index (χ4v) is 6.17. The van der Waals surface area contributed by atoms with E-state index in [-0.39, 0.29) is 29.2 Å². The van der Waals surface area contributed by atoms with Gasteiger partial charge in [0.25, 0.3) is 0 Å². The Kier molecular flexibility index (Phi) is 9.22. The van der Waals surface area contributed by atoms with E-state index in [4.69, 9.17) is 14.0 Å². The highest BCUT2D eigenvalue weighted by Gasteiger charge is 2.34. The van der Waals surface area contributed by atoms with E-state index in [1.807, 2.05) is 6.92 Å². The molecule has 1 fully saturated rings. The molecule has 5 rings (SSSR count). The molecule has 8 nitrogen and oxygen atoms in total. The Hall–Kier alpha value is -3.69. The largest absolute Gasteiger partial charge is 0.477 e. The first-order valence-corrected chi connectivity index (χ1v) is 15.3. The third-order valence-corrected chi connectivity index (χ3v) is 8.82. The van der Waals surface area contributed by atoms with Crippen LogP contribution in [0.25, 0.3) is 11.6 Å². The van der Waals surface area contributed by atoms with Gasteiger partial charge in [-0.2, -0.15) is 15.0 Å². The highest BCUT2D eigenvalue weighted by atomic mass is 19.1. The molecular weight excluding hydrogens is 552 g/mol. The highest BCUT2D eigenvalue weighted by Crippen LogP contribution is 2.35. The Balaban J connectivity index is 1.43. The van der Waals surface area contributed by atoms with E-state index in [1.54, 1.807) is 19.9 Å². The van der Waals surface area contributed by atoms with Crippen LogP contribution in [-0.4, -0.2) is 56.7 Å². The van der Waals surface area contributed by atoms with Gasteiger partial charge in [0.2, 0.25) is 29.3 Å². The molecule has 0 spiro atoms. The molecule has 0 amide bonds. The van der Waals surface area contributed by atoms with E-state index >= 15 is 0 Å². The Bertz CT molecular complexity index is 1500. The van der Waals surface area contributed by atoms with Gasteiger partial charge in [-0.05, 0) is 64.4 Å². The number of rotatable bonds is 10. The number of allylic oxidation sites excluding steroid dienone is 1. The van der Waals surface area contributed by atoms with E-state index in [9.17, 15) is 8.78 Å². The molecule has 0 radical (unpaired) electrons. The molecule has 1 aromatic carbocycles. The van der Waals surface area contributed by atoms with Crippen LogP contribution in [0, 0.1) is 23.5 Å². The van der Waals surface area contributed by atoms with Crippen molar-refractivity contribution in [2.75, 3.05) is 20.2 Å². The van der Waals surface area contributed by atoms with Crippen LogP contribution in [0.3, 0.4) is 0 Å². The van der Waals surface area contributed by atoms with Crippen molar-refractivity contribution in [1.29, 1.82) is 0 Å². The standard InChI is InChI=1S/C33H42F2N5O3/c1-7-22-15-20(2)10-11-23(16-22)19-41-28-18-29(42-21(3)27-9-8-14-40(27)6)37-30(36-28)31-38-32(43-39-31)33(4,5)25-13-12-24(34)17-26(25)35/h12-13,17-18,21-23H,2,7-11,14-16,19H2,1,3-6H3/q+1/t21-,22-,23-/m0/s1. The van der Waals surface area contributed by atoms with Crippen LogP contribution < -0.4 is 9.47 Å². The maximum absolute atomic E-state index is 14.7. The molecule has 43 heavy (non-hydrogen) atoms. The second-order valence-electron chi connectivity index (χ2n) is 12.5. The normalized spacial score (nSPS) is 20.3. The lowest BCUT2D eigenvalue weighted by Crippen LogP contribution is -2.28. The van der Waals surface area contributed by atoms with Crippen molar-refractivity contribution in [2.24, 2.45) is 11.8 Å². The highest BCUT2D eigenvalue weighted by molar-refractivity contribution is 5.85. The number of benzene rings is 1. The van der Waals surface area contributed by atoms with Crippen molar-refractivity contribution in [3.8, 4) is 23.4 Å². The minimum absolute atomic E-state index is 0.121. The first kappa shape index (κ1) is 30.8. The second-order valence-corrected chi connectivity index (χ2v) is 12.5. The zero-order chi connectivity index (χ0) is 30.7. The molecular formula is C33H42F2N5O3+. The molecule has 2 aliphatic rings. The molecule has 3 atom stereocenters. The molecule has 1 saturated carbocycles. The third kappa shape index (κ3) is 7.11. The Morgan fingerprint density at radius 1 is 1.09 bits per heavy atom. The number of hydrogen-bond donors (Lipinski definition) is 0. The summed E-state index contributed by atoms with van der Waals surface area (Å²) in [6.45, 7) is 13.5. The maximum Gasteiger partial charge on any atom is 0.240 e. The summed E-state index contributed by atoms with van der Waals surface area (Å²) in [6.07, 6.45) is 7.18. The number of nitrogens with zero attached hydrogens (tertiary/aromatic N) is 5. The van der Waals surface area contributed by atoms with Crippen molar-refractivity contribution < 1.29 is 27.4 Å². The summed E-state index contributed by atoms with van der Waals surface area (Å²) in [4.78, 5) is 13.8. The van der Waals surface area contributed by atoms with Gasteiger partial charge in [0.1, 0.15) is 25.2 Å².